The van der Waals surface area contributed by atoms with Gasteiger partial charge in [-0.05, 0) is 25.0 Å². The van der Waals surface area contributed by atoms with Crippen molar-refractivity contribution in [2.24, 2.45) is 0 Å². The quantitative estimate of drug-likeness (QED) is 0.645. The second-order valence-electron chi connectivity index (χ2n) is 7.23. The molecule has 1 aliphatic carbocycles. The molecule has 0 radical (unpaired) electrons. The van der Waals surface area contributed by atoms with E-state index in [-0.39, 0.29) is 5.54 Å². The van der Waals surface area contributed by atoms with Crippen LogP contribution >= 0.6 is 0 Å². The predicted octanol–water partition coefficient (Wildman–Crippen LogP) is 5.00. The van der Waals surface area contributed by atoms with E-state index in [1.165, 1.54) is 12.8 Å². The Hall–Kier alpha value is -2.90. The van der Waals surface area contributed by atoms with E-state index in [0.29, 0.717) is 12.2 Å². The molecule has 2 aromatic carbocycles. The second-order valence-corrected chi connectivity index (χ2v) is 7.23. The van der Waals surface area contributed by atoms with Gasteiger partial charge in [0.15, 0.2) is 0 Å². The minimum absolute atomic E-state index is 0.0766. The highest BCUT2D eigenvalue weighted by Crippen LogP contribution is 2.42. The molecule has 0 amide bonds. The van der Waals surface area contributed by atoms with Gasteiger partial charge in [0.1, 0.15) is 0 Å². The molecule has 1 heterocycles. The van der Waals surface area contributed by atoms with Gasteiger partial charge in [-0.1, -0.05) is 55.3 Å². The van der Waals surface area contributed by atoms with Crippen LogP contribution in [0.15, 0.2) is 60.9 Å². The number of rotatable bonds is 5. The van der Waals surface area contributed by atoms with E-state index in [2.05, 4.69) is 28.8 Å². The number of methoxy groups -OCH3 is 1. The zero-order valence-electron chi connectivity index (χ0n) is 15.6. The van der Waals surface area contributed by atoms with Gasteiger partial charge >= 0.3 is 0 Å². The molecule has 0 unspecified atom stereocenters. The Morgan fingerprint density at radius 3 is 2.52 bits per heavy atom. The Morgan fingerprint density at radius 1 is 1.07 bits per heavy atom. The van der Waals surface area contributed by atoms with E-state index in [0.717, 1.165) is 35.4 Å². The molecule has 0 aliphatic heterocycles. The maximum absolute atomic E-state index is 9.37. The smallest absolute Gasteiger partial charge is 0.0991 e. The molecule has 0 spiro atoms. The Kier molecular flexibility index (Phi) is 4.79. The zero-order chi connectivity index (χ0) is 18.7. The summed E-state index contributed by atoms with van der Waals surface area (Å²) < 4.78 is 7.94. The summed E-state index contributed by atoms with van der Waals surface area (Å²) in [6.45, 7) is 0.669. The molecule has 27 heavy (non-hydrogen) atoms. The summed E-state index contributed by atoms with van der Waals surface area (Å²) in [6.07, 6.45) is 6.51. The molecule has 136 valence electrons. The molecule has 4 nitrogen and oxygen atoms in total. The van der Waals surface area contributed by atoms with Crippen LogP contribution in [0.4, 0.5) is 0 Å². The Labute approximate surface area is 160 Å². The van der Waals surface area contributed by atoms with Crippen molar-refractivity contribution in [1.29, 1.82) is 5.26 Å². The maximum atomic E-state index is 9.37. The number of nitrogens with zero attached hydrogens (tertiary/aromatic N) is 3. The van der Waals surface area contributed by atoms with Crippen LogP contribution in [0.5, 0.6) is 0 Å². The van der Waals surface area contributed by atoms with Gasteiger partial charge in [0.2, 0.25) is 0 Å². The van der Waals surface area contributed by atoms with Crippen molar-refractivity contribution in [3.63, 3.8) is 0 Å². The van der Waals surface area contributed by atoms with Crippen molar-refractivity contribution in [3.8, 4) is 28.6 Å². The molecule has 1 saturated carbocycles. The summed E-state index contributed by atoms with van der Waals surface area (Å²) >= 11 is 0. The van der Waals surface area contributed by atoms with Gasteiger partial charge in [-0.15, -0.1) is 0 Å². The van der Waals surface area contributed by atoms with E-state index in [4.69, 9.17) is 9.72 Å². The van der Waals surface area contributed by atoms with Crippen LogP contribution in [-0.2, 0) is 10.3 Å². The van der Waals surface area contributed by atoms with E-state index >= 15 is 0 Å². The van der Waals surface area contributed by atoms with Crippen molar-refractivity contribution < 1.29 is 4.74 Å². The molecule has 0 saturated heterocycles. The molecule has 3 aromatic rings. The first-order valence-corrected chi connectivity index (χ1v) is 9.40. The second kappa shape index (κ2) is 7.38. The molecular formula is C23H23N3O. The molecule has 1 fully saturated rings. The van der Waals surface area contributed by atoms with Crippen molar-refractivity contribution in [1.82, 2.24) is 9.55 Å². The first-order valence-electron chi connectivity index (χ1n) is 9.40. The van der Waals surface area contributed by atoms with Gasteiger partial charge in [0.05, 0.1) is 41.5 Å². The Balaban J connectivity index is 1.95. The molecule has 0 bridgehead atoms. The number of hydrogen-bond acceptors (Lipinski definition) is 3. The van der Waals surface area contributed by atoms with Gasteiger partial charge in [0.25, 0.3) is 0 Å². The van der Waals surface area contributed by atoms with E-state index < -0.39 is 0 Å². The first-order chi connectivity index (χ1) is 13.3. The fourth-order valence-electron chi connectivity index (χ4n) is 4.28. The number of benzene rings is 2. The van der Waals surface area contributed by atoms with Crippen LogP contribution in [0.3, 0.4) is 0 Å². The SMILES string of the molecule is COCC1(n2cnc(-c3ccccc3)c2-c2cccc(C#N)c2)CCCC1. The van der Waals surface area contributed by atoms with Crippen LogP contribution < -0.4 is 0 Å². The summed E-state index contributed by atoms with van der Waals surface area (Å²) in [4.78, 5) is 4.81. The molecule has 4 heteroatoms. The molecule has 1 aliphatic rings. The summed E-state index contributed by atoms with van der Waals surface area (Å²) in [5.74, 6) is 0. The maximum Gasteiger partial charge on any atom is 0.0991 e. The van der Waals surface area contributed by atoms with Crippen molar-refractivity contribution in [2.75, 3.05) is 13.7 Å². The number of ether oxygens (including phenoxy) is 1. The molecular weight excluding hydrogens is 334 g/mol. The van der Waals surface area contributed by atoms with Crippen LogP contribution in [0.25, 0.3) is 22.5 Å². The summed E-state index contributed by atoms with van der Waals surface area (Å²) in [7, 11) is 1.77. The van der Waals surface area contributed by atoms with E-state index in [1.807, 2.05) is 42.7 Å². The van der Waals surface area contributed by atoms with Crippen molar-refractivity contribution in [3.05, 3.63) is 66.5 Å². The third-order valence-electron chi connectivity index (χ3n) is 5.54. The van der Waals surface area contributed by atoms with Crippen LogP contribution in [0, 0.1) is 11.3 Å². The lowest BCUT2D eigenvalue weighted by Crippen LogP contribution is -2.35. The number of nitriles is 1. The van der Waals surface area contributed by atoms with Crippen molar-refractivity contribution in [2.45, 2.75) is 31.2 Å². The van der Waals surface area contributed by atoms with Gasteiger partial charge in [0, 0.05) is 18.2 Å². The highest BCUT2D eigenvalue weighted by molar-refractivity contribution is 5.79. The minimum Gasteiger partial charge on any atom is -0.382 e. The molecule has 0 atom stereocenters. The normalized spacial score (nSPS) is 15.6. The fourth-order valence-corrected chi connectivity index (χ4v) is 4.28. The lowest BCUT2D eigenvalue weighted by Gasteiger charge is -2.32. The Bertz CT molecular complexity index is 963. The van der Waals surface area contributed by atoms with E-state index in [1.54, 1.807) is 7.11 Å². The van der Waals surface area contributed by atoms with Crippen LogP contribution in [0.1, 0.15) is 31.2 Å². The van der Waals surface area contributed by atoms with Crippen LogP contribution in [0.2, 0.25) is 0 Å². The summed E-state index contributed by atoms with van der Waals surface area (Å²) in [5, 5.41) is 9.37. The topological polar surface area (TPSA) is 50.8 Å². The molecule has 4 rings (SSSR count). The van der Waals surface area contributed by atoms with Crippen molar-refractivity contribution >= 4 is 0 Å². The standard InChI is InChI=1S/C23H23N3O/c1-27-16-23(12-5-6-13-23)26-17-25-21(19-9-3-2-4-10-19)22(26)20-11-7-8-18(14-20)15-24/h2-4,7-11,14,17H,5-6,12-13,16H2,1H3. The number of hydrogen-bond donors (Lipinski definition) is 0. The molecule has 0 N–H and O–H groups in total. The molecule has 1 aromatic heterocycles. The minimum atomic E-state index is -0.0766. The third-order valence-corrected chi connectivity index (χ3v) is 5.54. The summed E-state index contributed by atoms with van der Waals surface area (Å²) in [6, 6.07) is 20.3. The largest absolute Gasteiger partial charge is 0.382 e. The lowest BCUT2D eigenvalue weighted by molar-refractivity contribution is 0.0906. The monoisotopic (exact) mass is 357 g/mol. The Morgan fingerprint density at radius 2 is 1.81 bits per heavy atom. The highest BCUT2D eigenvalue weighted by Gasteiger charge is 2.38. The number of imidazole rings is 1. The third kappa shape index (κ3) is 3.15. The average molecular weight is 357 g/mol. The average Bonchev–Trinajstić information content (AvgIpc) is 3.37. The predicted molar refractivity (Wildman–Crippen MR) is 106 cm³/mol. The van der Waals surface area contributed by atoms with Gasteiger partial charge < -0.3 is 9.30 Å². The summed E-state index contributed by atoms with van der Waals surface area (Å²) in [5.41, 5.74) is 4.70. The first kappa shape index (κ1) is 17.5. The van der Waals surface area contributed by atoms with Gasteiger partial charge in [-0.25, -0.2) is 4.98 Å². The lowest BCUT2D eigenvalue weighted by atomic mass is 9.95. The van der Waals surface area contributed by atoms with E-state index in [9.17, 15) is 5.26 Å². The highest BCUT2D eigenvalue weighted by atomic mass is 16.5. The zero-order valence-corrected chi connectivity index (χ0v) is 15.6. The number of aromatic nitrogens is 2. The van der Waals surface area contributed by atoms with Crippen LogP contribution in [-0.4, -0.2) is 23.3 Å². The van der Waals surface area contributed by atoms with Gasteiger partial charge in [-0.2, -0.15) is 5.26 Å². The van der Waals surface area contributed by atoms with Gasteiger partial charge in [-0.3, -0.25) is 0 Å². The fraction of sp³-hybridized carbons (Fsp3) is 0.304.